The Morgan fingerprint density at radius 1 is 1.22 bits per heavy atom. The molecule has 0 saturated carbocycles. The van der Waals surface area contributed by atoms with E-state index in [1.54, 1.807) is 13.0 Å². The fourth-order valence-electron chi connectivity index (χ4n) is 2.44. The summed E-state index contributed by atoms with van der Waals surface area (Å²) in [5, 5.41) is 1.76. The Morgan fingerprint density at radius 3 is 2.74 bits per heavy atom. The van der Waals surface area contributed by atoms with Crippen molar-refractivity contribution in [2.45, 2.75) is 12.3 Å². The minimum atomic E-state index is -0.350. The van der Waals surface area contributed by atoms with Gasteiger partial charge in [0.05, 0.1) is 16.6 Å². The Morgan fingerprint density at radius 2 is 2.00 bits per heavy atom. The lowest BCUT2D eigenvalue weighted by Crippen LogP contribution is -2.06. The maximum absolute atomic E-state index is 12.2. The number of rotatable bonds is 4. The fourth-order valence-corrected chi connectivity index (χ4v) is 3.39. The first-order chi connectivity index (χ1) is 11.2. The number of halogens is 2. The summed E-state index contributed by atoms with van der Waals surface area (Å²) in [5.74, 6) is 0.284. The highest BCUT2D eigenvalue weighted by atomic mass is 79.9. The van der Waals surface area contributed by atoms with Crippen molar-refractivity contribution in [2.24, 2.45) is 0 Å². The van der Waals surface area contributed by atoms with Crippen LogP contribution in [0.25, 0.3) is 22.3 Å². The predicted molar refractivity (Wildman–Crippen MR) is 97.9 cm³/mol. The quantitative estimate of drug-likeness (QED) is 0.374. The molecule has 23 heavy (non-hydrogen) atoms. The highest BCUT2D eigenvalue weighted by molar-refractivity contribution is 9.10. The zero-order valence-electron chi connectivity index (χ0n) is 12.4. The van der Waals surface area contributed by atoms with E-state index in [9.17, 15) is 4.79 Å². The van der Waals surface area contributed by atoms with Crippen molar-refractivity contribution >= 4 is 48.8 Å². The molecule has 0 spiro atoms. The number of carbonyl (C=O) groups excluding carboxylic acids is 1. The van der Waals surface area contributed by atoms with Crippen molar-refractivity contribution in [3.63, 3.8) is 0 Å². The van der Waals surface area contributed by atoms with Gasteiger partial charge >= 0.3 is 5.97 Å². The van der Waals surface area contributed by atoms with Gasteiger partial charge in [0.25, 0.3) is 0 Å². The van der Waals surface area contributed by atoms with E-state index in [2.05, 4.69) is 37.9 Å². The molecule has 0 amide bonds. The summed E-state index contributed by atoms with van der Waals surface area (Å²) in [7, 11) is 0. The molecule has 1 aromatic heterocycles. The Balaban J connectivity index is 2.18. The summed E-state index contributed by atoms with van der Waals surface area (Å²) in [6, 6.07) is 13.3. The number of fused-ring (bicyclic) bond motifs is 1. The van der Waals surface area contributed by atoms with Gasteiger partial charge in [-0.05, 0) is 46.6 Å². The third-order valence-corrected chi connectivity index (χ3v) is 4.95. The van der Waals surface area contributed by atoms with Crippen LogP contribution in [0, 0.1) is 0 Å². The summed E-state index contributed by atoms with van der Waals surface area (Å²) in [5.41, 5.74) is 3.14. The molecular weight excluding hydrogens is 424 g/mol. The fraction of sp³-hybridized carbons (Fsp3) is 0.167. The molecule has 0 atom stereocenters. The monoisotopic (exact) mass is 436 g/mol. The SMILES string of the molecule is CCOC(=O)c1ccccc1-c1oc2ccc(CBr)cc2c1Br. The topological polar surface area (TPSA) is 39.4 Å². The van der Waals surface area contributed by atoms with Crippen LogP contribution in [0.2, 0.25) is 0 Å². The van der Waals surface area contributed by atoms with Crippen LogP contribution in [-0.4, -0.2) is 12.6 Å². The number of hydrogen-bond donors (Lipinski definition) is 0. The maximum atomic E-state index is 12.2. The predicted octanol–water partition coefficient (Wildman–Crippen LogP) is 5.93. The zero-order chi connectivity index (χ0) is 16.4. The molecule has 0 aliphatic carbocycles. The van der Waals surface area contributed by atoms with Crippen LogP contribution in [0.1, 0.15) is 22.8 Å². The number of ether oxygens (including phenoxy) is 1. The van der Waals surface area contributed by atoms with E-state index in [0.29, 0.717) is 17.9 Å². The number of furan rings is 1. The Bertz CT molecular complexity index is 868. The summed E-state index contributed by atoms with van der Waals surface area (Å²) >= 11 is 7.07. The van der Waals surface area contributed by atoms with Crippen LogP contribution >= 0.6 is 31.9 Å². The third kappa shape index (κ3) is 3.08. The van der Waals surface area contributed by atoms with E-state index >= 15 is 0 Å². The van der Waals surface area contributed by atoms with E-state index in [4.69, 9.17) is 9.15 Å². The summed E-state index contributed by atoms with van der Waals surface area (Å²) in [6.45, 7) is 2.13. The van der Waals surface area contributed by atoms with Crippen molar-refractivity contribution in [2.75, 3.05) is 6.61 Å². The van der Waals surface area contributed by atoms with Gasteiger partial charge in [-0.15, -0.1) is 0 Å². The highest BCUT2D eigenvalue weighted by Crippen LogP contribution is 2.39. The lowest BCUT2D eigenvalue weighted by atomic mass is 10.0. The average molecular weight is 438 g/mol. The lowest BCUT2D eigenvalue weighted by molar-refractivity contribution is 0.0527. The van der Waals surface area contributed by atoms with Gasteiger partial charge in [-0.2, -0.15) is 0 Å². The second-order valence-electron chi connectivity index (χ2n) is 4.98. The Hall–Kier alpha value is -1.59. The molecule has 5 heteroatoms. The number of benzene rings is 2. The van der Waals surface area contributed by atoms with Crippen LogP contribution in [0.3, 0.4) is 0 Å². The van der Waals surface area contributed by atoms with Gasteiger partial charge in [-0.1, -0.05) is 40.2 Å². The molecule has 3 rings (SSSR count). The molecule has 3 aromatic rings. The van der Waals surface area contributed by atoms with Gasteiger partial charge in [-0.25, -0.2) is 4.79 Å². The van der Waals surface area contributed by atoms with Crippen LogP contribution in [0.5, 0.6) is 0 Å². The molecule has 118 valence electrons. The molecule has 0 unspecified atom stereocenters. The maximum Gasteiger partial charge on any atom is 0.338 e. The van der Waals surface area contributed by atoms with Crippen molar-refractivity contribution < 1.29 is 13.9 Å². The zero-order valence-corrected chi connectivity index (χ0v) is 15.6. The molecular formula is C18H14Br2O3. The van der Waals surface area contributed by atoms with E-state index in [0.717, 1.165) is 31.9 Å². The normalized spacial score (nSPS) is 10.9. The largest absolute Gasteiger partial charge is 0.462 e. The number of alkyl halides is 1. The summed E-state index contributed by atoms with van der Waals surface area (Å²) in [4.78, 5) is 12.2. The number of esters is 1. The molecule has 0 saturated heterocycles. The minimum absolute atomic E-state index is 0.336. The van der Waals surface area contributed by atoms with Crippen molar-refractivity contribution in [1.29, 1.82) is 0 Å². The van der Waals surface area contributed by atoms with Crippen LogP contribution < -0.4 is 0 Å². The smallest absolute Gasteiger partial charge is 0.338 e. The molecule has 0 aliphatic heterocycles. The van der Waals surface area contributed by atoms with E-state index in [-0.39, 0.29) is 5.97 Å². The molecule has 0 radical (unpaired) electrons. The Kier molecular flexibility index (Phi) is 4.87. The van der Waals surface area contributed by atoms with Crippen LogP contribution in [0.15, 0.2) is 51.4 Å². The summed E-state index contributed by atoms with van der Waals surface area (Å²) < 4.78 is 12.0. The van der Waals surface area contributed by atoms with Gasteiger partial charge < -0.3 is 9.15 Å². The molecule has 0 fully saturated rings. The third-order valence-electron chi connectivity index (χ3n) is 3.51. The van der Waals surface area contributed by atoms with Crippen molar-refractivity contribution in [3.05, 3.63) is 58.1 Å². The molecule has 0 N–H and O–H groups in total. The first kappa shape index (κ1) is 16.3. The average Bonchev–Trinajstić information content (AvgIpc) is 2.91. The number of hydrogen-bond acceptors (Lipinski definition) is 3. The van der Waals surface area contributed by atoms with Crippen LogP contribution in [-0.2, 0) is 10.1 Å². The van der Waals surface area contributed by atoms with Gasteiger partial charge in [0.1, 0.15) is 11.3 Å². The van der Waals surface area contributed by atoms with E-state index in [1.807, 2.05) is 30.3 Å². The van der Waals surface area contributed by atoms with Gasteiger partial charge in [0.2, 0.25) is 0 Å². The summed E-state index contributed by atoms with van der Waals surface area (Å²) in [6.07, 6.45) is 0. The van der Waals surface area contributed by atoms with Crippen molar-refractivity contribution in [1.82, 2.24) is 0 Å². The second kappa shape index (κ2) is 6.89. The molecule has 1 heterocycles. The highest BCUT2D eigenvalue weighted by Gasteiger charge is 2.20. The lowest BCUT2D eigenvalue weighted by Gasteiger charge is -2.07. The molecule has 0 aliphatic rings. The second-order valence-corrected chi connectivity index (χ2v) is 6.33. The van der Waals surface area contributed by atoms with Crippen molar-refractivity contribution in [3.8, 4) is 11.3 Å². The molecule has 3 nitrogen and oxygen atoms in total. The number of carbonyl (C=O) groups is 1. The molecule has 0 bridgehead atoms. The van der Waals surface area contributed by atoms with E-state index < -0.39 is 0 Å². The van der Waals surface area contributed by atoms with E-state index in [1.165, 1.54) is 0 Å². The van der Waals surface area contributed by atoms with Crippen LogP contribution in [0.4, 0.5) is 0 Å². The van der Waals surface area contributed by atoms with Gasteiger partial charge in [-0.3, -0.25) is 0 Å². The van der Waals surface area contributed by atoms with Gasteiger partial charge in [0.15, 0.2) is 0 Å². The minimum Gasteiger partial charge on any atom is -0.462 e. The molecule has 2 aromatic carbocycles. The first-order valence-corrected chi connectivity index (χ1v) is 9.10. The van der Waals surface area contributed by atoms with Gasteiger partial charge in [0, 0.05) is 16.3 Å². The Labute approximate surface area is 150 Å². The standard InChI is InChI=1S/C18H14Br2O3/c1-2-22-18(21)13-6-4-3-5-12(13)17-16(20)14-9-11(10-19)7-8-15(14)23-17/h3-9H,2,10H2,1H3. The first-order valence-electron chi connectivity index (χ1n) is 7.19.